The van der Waals surface area contributed by atoms with E-state index in [1.807, 2.05) is 0 Å². The number of rotatable bonds is 7. The second kappa shape index (κ2) is 7.84. The van der Waals surface area contributed by atoms with Crippen LogP contribution in [0.25, 0.3) is 0 Å². The van der Waals surface area contributed by atoms with Crippen LogP contribution in [0.3, 0.4) is 0 Å². The third kappa shape index (κ3) is 4.33. The molecule has 2 nitrogen and oxygen atoms in total. The zero-order valence-electron chi connectivity index (χ0n) is 13.1. The SMILES string of the molecule is CCN(c1cccc(C)c1)C(CN)CCc1ccccc1. The van der Waals surface area contributed by atoms with Crippen LogP contribution in [0.1, 0.15) is 24.5 Å². The lowest BCUT2D eigenvalue weighted by molar-refractivity contribution is 0.565. The third-order valence-corrected chi connectivity index (χ3v) is 4.00. The van der Waals surface area contributed by atoms with Crippen LogP contribution in [0, 0.1) is 6.92 Å². The van der Waals surface area contributed by atoms with Gasteiger partial charge in [-0.15, -0.1) is 0 Å². The van der Waals surface area contributed by atoms with E-state index in [0.29, 0.717) is 12.6 Å². The number of likely N-dealkylation sites (N-methyl/N-ethyl adjacent to an activating group) is 1. The maximum absolute atomic E-state index is 6.05. The molecule has 0 aromatic heterocycles. The highest BCUT2D eigenvalue weighted by molar-refractivity contribution is 5.49. The highest BCUT2D eigenvalue weighted by Crippen LogP contribution is 2.20. The molecular formula is C19H26N2. The van der Waals surface area contributed by atoms with Crippen molar-refractivity contribution in [2.24, 2.45) is 5.73 Å². The first-order chi connectivity index (χ1) is 10.2. The van der Waals surface area contributed by atoms with E-state index in [4.69, 9.17) is 5.73 Å². The van der Waals surface area contributed by atoms with Gasteiger partial charge in [-0.25, -0.2) is 0 Å². The minimum absolute atomic E-state index is 0.386. The molecule has 2 aromatic rings. The first kappa shape index (κ1) is 15.6. The summed E-state index contributed by atoms with van der Waals surface area (Å²) in [4.78, 5) is 2.43. The Bertz CT molecular complexity index is 536. The molecule has 2 N–H and O–H groups in total. The lowest BCUT2D eigenvalue weighted by atomic mass is 10.0. The van der Waals surface area contributed by atoms with Gasteiger partial charge in [-0.3, -0.25) is 0 Å². The molecule has 0 bridgehead atoms. The number of nitrogens with zero attached hydrogens (tertiary/aromatic N) is 1. The summed E-state index contributed by atoms with van der Waals surface area (Å²) in [5, 5.41) is 0. The van der Waals surface area contributed by atoms with Crippen molar-refractivity contribution in [2.45, 2.75) is 32.7 Å². The molecule has 0 saturated heterocycles. The van der Waals surface area contributed by atoms with E-state index in [2.05, 4.69) is 73.3 Å². The highest BCUT2D eigenvalue weighted by Gasteiger charge is 2.16. The van der Waals surface area contributed by atoms with Gasteiger partial charge in [-0.05, 0) is 49.9 Å². The van der Waals surface area contributed by atoms with Gasteiger partial charge in [0.2, 0.25) is 0 Å². The van der Waals surface area contributed by atoms with Gasteiger partial charge >= 0.3 is 0 Å². The second-order valence-corrected chi connectivity index (χ2v) is 5.54. The monoisotopic (exact) mass is 282 g/mol. The molecule has 0 saturated carbocycles. The lowest BCUT2D eigenvalue weighted by Gasteiger charge is -2.32. The van der Waals surface area contributed by atoms with Crippen LogP contribution >= 0.6 is 0 Å². The number of aryl methyl sites for hydroxylation is 2. The molecule has 0 fully saturated rings. The van der Waals surface area contributed by atoms with Crippen molar-refractivity contribution in [1.82, 2.24) is 0 Å². The summed E-state index contributed by atoms with van der Waals surface area (Å²) >= 11 is 0. The zero-order chi connectivity index (χ0) is 15.1. The van der Waals surface area contributed by atoms with Crippen LogP contribution in [0.4, 0.5) is 5.69 Å². The summed E-state index contributed by atoms with van der Waals surface area (Å²) in [6.45, 7) is 6.01. The number of nitrogens with two attached hydrogens (primary N) is 1. The summed E-state index contributed by atoms with van der Waals surface area (Å²) in [6, 6.07) is 19.7. The Morgan fingerprint density at radius 1 is 1.05 bits per heavy atom. The highest BCUT2D eigenvalue weighted by atomic mass is 15.2. The predicted molar refractivity (Wildman–Crippen MR) is 91.8 cm³/mol. The molecule has 2 heteroatoms. The summed E-state index contributed by atoms with van der Waals surface area (Å²) in [6.07, 6.45) is 2.16. The maximum atomic E-state index is 6.05. The van der Waals surface area contributed by atoms with Crippen molar-refractivity contribution in [3.05, 3.63) is 65.7 Å². The molecule has 0 aliphatic rings. The normalized spacial score (nSPS) is 12.1. The third-order valence-electron chi connectivity index (χ3n) is 4.00. The van der Waals surface area contributed by atoms with E-state index in [-0.39, 0.29) is 0 Å². The van der Waals surface area contributed by atoms with Gasteiger partial charge in [0.05, 0.1) is 0 Å². The first-order valence-electron chi connectivity index (χ1n) is 7.82. The van der Waals surface area contributed by atoms with Crippen LogP contribution in [0.5, 0.6) is 0 Å². The average Bonchev–Trinajstić information content (AvgIpc) is 2.52. The zero-order valence-corrected chi connectivity index (χ0v) is 13.1. The van der Waals surface area contributed by atoms with E-state index in [0.717, 1.165) is 19.4 Å². The van der Waals surface area contributed by atoms with Gasteiger partial charge < -0.3 is 10.6 Å². The number of benzene rings is 2. The van der Waals surface area contributed by atoms with Crippen LogP contribution in [0.15, 0.2) is 54.6 Å². The van der Waals surface area contributed by atoms with Crippen molar-refractivity contribution in [3.8, 4) is 0 Å². The minimum atomic E-state index is 0.386. The second-order valence-electron chi connectivity index (χ2n) is 5.54. The van der Waals surface area contributed by atoms with Crippen molar-refractivity contribution < 1.29 is 0 Å². The molecule has 2 rings (SSSR count). The number of hydrogen-bond acceptors (Lipinski definition) is 2. The quantitative estimate of drug-likeness (QED) is 0.837. The summed E-state index contributed by atoms with van der Waals surface area (Å²) in [7, 11) is 0. The van der Waals surface area contributed by atoms with Gasteiger partial charge in [0.1, 0.15) is 0 Å². The fraction of sp³-hybridized carbons (Fsp3) is 0.368. The molecule has 0 aliphatic heterocycles. The topological polar surface area (TPSA) is 29.3 Å². The molecule has 2 aromatic carbocycles. The lowest BCUT2D eigenvalue weighted by Crippen LogP contribution is -2.41. The number of hydrogen-bond donors (Lipinski definition) is 1. The molecular weight excluding hydrogens is 256 g/mol. The Morgan fingerprint density at radius 3 is 2.43 bits per heavy atom. The van der Waals surface area contributed by atoms with Gasteiger partial charge in [0.15, 0.2) is 0 Å². The standard InChI is InChI=1S/C19H26N2/c1-3-21(18-11-7-8-16(2)14-18)19(15-20)13-12-17-9-5-4-6-10-17/h4-11,14,19H,3,12-13,15,20H2,1-2H3. The summed E-state index contributed by atoms with van der Waals surface area (Å²) < 4.78 is 0. The molecule has 1 atom stereocenters. The van der Waals surface area contributed by atoms with Crippen molar-refractivity contribution in [3.63, 3.8) is 0 Å². The molecule has 112 valence electrons. The molecule has 0 radical (unpaired) electrons. The van der Waals surface area contributed by atoms with E-state index in [1.165, 1.54) is 16.8 Å². The largest absolute Gasteiger partial charge is 0.368 e. The predicted octanol–water partition coefficient (Wildman–Crippen LogP) is 3.78. The van der Waals surface area contributed by atoms with Crippen LogP contribution in [-0.2, 0) is 6.42 Å². The van der Waals surface area contributed by atoms with Crippen molar-refractivity contribution >= 4 is 5.69 Å². The Morgan fingerprint density at radius 2 is 1.81 bits per heavy atom. The van der Waals surface area contributed by atoms with Gasteiger partial charge in [0.25, 0.3) is 0 Å². The molecule has 0 aliphatic carbocycles. The Labute approximate surface area is 128 Å². The maximum Gasteiger partial charge on any atom is 0.0415 e. The Balaban J connectivity index is 2.07. The van der Waals surface area contributed by atoms with Gasteiger partial charge in [-0.1, -0.05) is 42.5 Å². The van der Waals surface area contributed by atoms with E-state index < -0.39 is 0 Å². The van der Waals surface area contributed by atoms with Crippen molar-refractivity contribution in [2.75, 3.05) is 18.0 Å². The van der Waals surface area contributed by atoms with E-state index in [9.17, 15) is 0 Å². The van der Waals surface area contributed by atoms with Gasteiger partial charge in [0, 0.05) is 24.8 Å². The fourth-order valence-electron chi connectivity index (χ4n) is 2.84. The minimum Gasteiger partial charge on any atom is -0.368 e. The molecule has 0 amide bonds. The summed E-state index contributed by atoms with van der Waals surface area (Å²) in [5.74, 6) is 0. The average molecular weight is 282 g/mol. The van der Waals surface area contributed by atoms with E-state index >= 15 is 0 Å². The Kier molecular flexibility index (Phi) is 5.82. The molecule has 21 heavy (non-hydrogen) atoms. The summed E-state index contributed by atoms with van der Waals surface area (Å²) in [5.41, 5.74) is 10.0. The van der Waals surface area contributed by atoms with Crippen LogP contribution in [0.2, 0.25) is 0 Å². The molecule has 1 unspecified atom stereocenters. The Hall–Kier alpha value is -1.80. The van der Waals surface area contributed by atoms with Crippen molar-refractivity contribution in [1.29, 1.82) is 0 Å². The molecule has 0 spiro atoms. The van der Waals surface area contributed by atoms with Gasteiger partial charge in [-0.2, -0.15) is 0 Å². The fourth-order valence-corrected chi connectivity index (χ4v) is 2.84. The van der Waals surface area contributed by atoms with Crippen LogP contribution in [-0.4, -0.2) is 19.1 Å². The molecule has 0 heterocycles. The van der Waals surface area contributed by atoms with Crippen LogP contribution < -0.4 is 10.6 Å². The first-order valence-corrected chi connectivity index (χ1v) is 7.82. The number of anilines is 1. The smallest absolute Gasteiger partial charge is 0.0415 e. The van der Waals surface area contributed by atoms with E-state index in [1.54, 1.807) is 0 Å².